The fraction of sp³-hybridized carbons (Fsp3) is 0.297. The number of hydrogen-bond acceptors (Lipinski definition) is 7. The highest BCUT2D eigenvalue weighted by molar-refractivity contribution is 7.17. The number of aliphatic hydroxyl groups is 1. The second kappa shape index (κ2) is 11.8. The number of aliphatic hydroxyl groups excluding tert-OH is 1. The van der Waals surface area contributed by atoms with Gasteiger partial charge in [-0.3, -0.25) is 9.48 Å². The van der Waals surface area contributed by atoms with Crippen LogP contribution in [0.3, 0.4) is 0 Å². The van der Waals surface area contributed by atoms with Gasteiger partial charge in [-0.1, -0.05) is 12.6 Å². The van der Waals surface area contributed by atoms with Crippen LogP contribution in [0.2, 0.25) is 0 Å². The van der Waals surface area contributed by atoms with Crippen LogP contribution < -0.4 is 5.32 Å². The summed E-state index contributed by atoms with van der Waals surface area (Å²) in [7, 11) is 1.93. The minimum Gasteiger partial charge on any atom is -0.393 e. The van der Waals surface area contributed by atoms with E-state index in [-0.39, 0.29) is 51.9 Å². The molecule has 256 valence electrons. The Morgan fingerprint density at radius 1 is 1.06 bits per heavy atom. The van der Waals surface area contributed by atoms with E-state index in [1.165, 1.54) is 17.5 Å². The molecule has 0 unspecified atom stereocenters. The summed E-state index contributed by atoms with van der Waals surface area (Å²) in [6.07, 6.45) is 1.58. The molecule has 1 aliphatic heterocycles. The number of thiophene rings is 1. The molecule has 0 spiro atoms. The van der Waals surface area contributed by atoms with E-state index in [0.29, 0.717) is 41.0 Å². The van der Waals surface area contributed by atoms with Gasteiger partial charge in [-0.05, 0) is 64.0 Å². The van der Waals surface area contributed by atoms with Gasteiger partial charge in [-0.25, -0.2) is 23.1 Å². The van der Waals surface area contributed by atoms with E-state index in [0.717, 1.165) is 40.0 Å². The lowest BCUT2D eigenvalue weighted by atomic mass is 9.88. The molecule has 0 saturated heterocycles. The number of imidazole rings is 1. The third-order valence-electron chi connectivity index (χ3n) is 10.1. The summed E-state index contributed by atoms with van der Waals surface area (Å²) in [5.41, 5.74) is 4.30. The standard InChI is InChI=1S/C37H34F3N7O2S/c1-6-31(49)46-15-17(2)47-30(18(46)3)14-28(44-47)36-34(32-24(39)10-21(38)11-27(32)42-22-12-23(48)13-22)33-25(40)16-50-37(33)35(43-36)20-7-8-29-26(9-20)41-19(4)45(29)5/h6-11,14,16-18,22-23,42,48H,1,12-13,15H2,2-5H3/t17-,18+,22?,23?/m0/s1. The maximum atomic E-state index is 16.3. The lowest BCUT2D eigenvalue weighted by molar-refractivity contribution is -0.129. The molecule has 1 saturated carbocycles. The van der Waals surface area contributed by atoms with Gasteiger partial charge >= 0.3 is 0 Å². The van der Waals surface area contributed by atoms with Crippen molar-refractivity contribution in [1.29, 1.82) is 0 Å². The summed E-state index contributed by atoms with van der Waals surface area (Å²) >= 11 is 1.15. The van der Waals surface area contributed by atoms with Crippen LogP contribution in [0.4, 0.5) is 18.9 Å². The topological polar surface area (TPSA) is 101 Å². The maximum Gasteiger partial charge on any atom is 0.246 e. The Balaban J connectivity index is 1.42. The van der Waals surface area contributed by atoms with E-state index in [4.69, 9.17) is 15.1 Å². The van der Waals surface area contributed by atoms with Crippen LogP contribution in [-0.4, -0.2) is 58.9 Å². The van der Waals surface area contributed by atoms with Crippen molar-refractivity contribution in [3.05, 3.63) is 83.4 Å². The number of nitrogens with zero attached hydrogens (tertiary/aromatic N) is 6. The average Bonchev–Trinajstić information content (AvgIpc) is 3.77. The number of amides is 1. The lowest BCUT2D eigenvalue weighted by Crippen LogP contribution is -2.42. The molecule has 1 aliphatic carbocycles. The molecule has 2 atom stereocenters. The van der Waals surface area contributed by atoms with Crippen molar-refractivity contribution >= 4 is 44.1 Å². The first kappa shape index (κ1) is 32.2. The van der Waals surface area contributed by atoms with Gasteiger partial charge in [0.2, 0.25) is 5.91 Å². The Bertz CT molecular complexity index is 2370. The number of benzene rings is 2. The van der Waals surface area contributed by atoms with Gasteiger partial charge in [0.25, 0.3) is 0 Å². The number of carbonyl (C=O) groups is 1. The maximum absolute atomic E-state index is 16.3. The fourth-order valence-electron chi connectivity index (χ4n) is 7.31. The van der Waals surface area contributed by atoms with Crippen LogP contribution >= 0.6 is 11.3 Å². The van der Waals surface area contributed by atoms with Crippen molar-refractivity contribution in [2.24, 2.45) is 7.05 Å². The Morgan fingerprint density at radius 3 is 2.58 bits per heavy atom. The van der Waals surface area contributed by atoms with E-state index >= 15 is 8.78 Å². The van der Waals surface area contributed by atoms with Crippen LogP contribution in [0.5, 0.6) is 0 Å². The van der Waals surface area contributed by atoms with Crippen LogP contribution in [0.15, 0.2) is 54.4 Å². The molecule has 9 nitrogen and oxygen atoms in total. The number of anilines is 1. The Hall–Kier alpha value is -5.01. The molecule has 0 bridgehead atoms. The number of rotatable bonds is 6. The highest BCUT2D eigenvalue weighted by Crippen LogP contribution is 2.48. The van der Waals surface area contributed by atoms with Crippen LogP contribution in [-0.2, 0) is 11.8 Å². The first-order valence-corrected chi connectivity index (χ1v) is 17.3. The molecule has 13 heteroatoms. The number of halogens is 3. The number of pyridine rings is 1. The molecule has 2 aromatic carbocycles. The molecular formula is C37H34F3N7O2S. The summed E-state index contributed by atoms with van der Waals surface area (Å²) < 4.78 is 51.8. The van der Waals surface area contributed by atoms with Crippen molar-refractivity contribution in [2.45, 2.75) is 57.8 Å². The van der Waals surface area contributed by atoms with E-state index in [1.807, 2.05) is 55.3 Å². The van der Waals surface area contributed by atoms with Gasteiger partial charge in [0.05, 0.1) is 45.3 Å². The zero-order valence-corrected chi connectivity index (χ0v) is 28.7. The van der Waals surface area contributed by atoms with Crippen LogP contribution in [0, 0.1) is 24.4 Å². The summed E-state index contributed by atoms with van der Waals surface area (Å²) in [4.78, 5) is 24.4. The first-order chi connectivity index (χ1) is 23.9. The fourth-order valence-corrected chi connectivity index (χ4v) is 8.24. The molecule has 8 rings (SSSR count). The molecule has 0 radical (unpaired) electrons. The molecule has 2 N–H and O–H groups in total. The average molecular weight is 698 g/mol. The SMILES string of the molecule is C=CC(=O)N1C[C@H](C)n2nc(-c3nc(-c4ccc5c(c4)nc(C)n5C)c4scc(F)c4c3-c3c(F)cc(F)cc3NC3CC(O)C3)cc2[C@H]1C. The second-order valence-electron chi connectivity index (χ2n) is 13.3. The minimum atomic E-state index is -0.895. The zero-order valence-electron chi connectivity index (χ0n) is 27.8. The quantitative estimate of drug-likeness (QED) is 0.173. The molecule has 50 heavy (non-hydrogen) atoms. The smallest absolute Gasteiger partial charge is 0.246 e. The molecule has 2 aliphatic rings. The predicted molar refractivity (Wildman–Crippen MR) is 188 cm³/mol. The Labute approximate surface area is 289 Å². The van der Waals surface area contributed by atoms with Crippen molar-refractivity contribution in [3.63, 3.8) is 0 Å². The van der Waals surface area contributed by atoms with Gasteiger partial charge in [-0.15, -0.1) is 11.3 Å². The van der Waals surface area contributed by atoms with Gasteiger partial charge in [0, 0.05) is 58.8 Å². The number of nitrogens with one attached hydrogen (secondary N) is 1. The normalized spacial score (nSPS) is 20.3. The molecule has 4 aromatic heterocycles. The zero-order chi connectivity index (χ0) is 35.2. The lowest BCUT2D eigenvalue weighted by Gasteiger charge is -2.36. The Kier molecular flexibility index (Phi) is 7.60. The van der Waals surface area contributed by atoms with E-state index in [1.54, 1.807) is 11.0 Å². The molecular weight excluding hydrogens is 664 g/mol. The number of aromatic nitrogens is 5. The number of fused-ring (bicyclic) bond motifs is 3. The third-order valence-corrected chi connectivity index (χ3v) is 11.0. The van der Waals surface area contributed by atoms with Crippen molar-refractivity contribution in [1.82, 2.24) is 29.2 Å². The van der Waals surface area contributed by atoms with Crippen molar-refractivity contribution in [3.8, 4) is 33.8 Å². The van der Waals surface area contributed by atoms with Gasteiger partial charge in [-0.2, -0.15) is 5.10 Å². The van der Waals surface area contributed by atoms with Gasteiger partial charge < -0.3 is 19.9 Å². The number of hydrogen-bond donors (Lipinski definition) is 2. The second-order valence-corrected chi connectivity index (χ2v) is 14.2. The summed E-state index contributed by atoms with van der Waals surface area (Å²) in [6, 6.07) is 8.70. The molecule has 1 amide bonds. The summed E-state index contributed by atoms with van der Waals surface area (Å²) in [5.74, 6) is -1.66. The predicted octanol–water partition coefficient (Wildman–Crippen LogP) is 7.69. The minimum absolute atomic E-state index is 0.0459. The van der Waals surface area contributed by atoms with Crippen molar-refractivity contribution in [2.75, 3.05) is 11.9 Å². The van der Waals surface area contributed by atoms with Crippen molar-refractivity contribution < 1.29 is 23.1 Å². The summed E-state index contributed by atoms with van der Waals surface area (Å²) in [6.45, 7) is 9.79. The molecule has 6 aromatic rings. The molecule has 1 fully saturated rings. The van der Waals surface area contributed by atoms with E-state index in [2.05, 4.69) is 11.9 Å². The third kappa shape index (κ3) is 5.01. The van der Waals surface area contributed by atoms with Gasteiger partial charge in [0.1, 0.15) is 34.7 Å². The Morgan fingerprint density at radius 2 is 1.84 bits per heavy atom. The number of carbonyl (C=O) groups excluding carboxylic acids is 1. The number of aryl methyl sites for hydroxylation is 2. The van der Waals surface area contributed by atoms with E-state index in [9.17, 15) is 14.3 Å². The van der Waals surface area contributed by atoms with Crippen LogP contribution in [0.1, 0.15) is 50.3 Å². The summed E-state index contributed by atoms with van der Waals surface area (Å²) in [5, 5.41) is 19.6. The molecule has 5 heterocycles. The monoisotopic (exact) mass is 697 g/mol. The van der Waals surface area contributed by atoms with Crippen LogP contribution in [0.25, 0.3) is 54.9 Å². The van der Waals surface area contributed by atoms with E-state index < -0.39 is 23.6 Å². The largest absolute Gasteiger partial charge is 0.393 e. The highest BCUT2D eigenvalue weighted by Gasteiger charge is 2.35. The van der Waals surface area contributed by atoms with Gasteiger partial charge in [0.15, 0.2) is 0 Å². The highest BCUT2D eigenvalue weighted by atomic mass is 32.1. The first-order valence-electron chi connectivity index (χ1n) is 16.4.